The third-order valence-electron chi connectivity index (χ3n) is 2.95. The molecule has 0 aliphatic heterocycles. The van der Waals surface area contributed by atoms with E-state index in [0.717, 1.165) is 0 Å². The molecule has 1 aromatic heterocycles. The number of thiophene rings is 1. The van der Waals surface area contributed by atoms with Crippen LogP contribution in [0, 0.1) is 17.1 Å². The Labute approximate surface area is 122 Å². The highest BCUT2D eigenvalue weighted by Crippen LogP contribution is 2.30. The van der Waals surface area contributed by atoms with Crippen molar-refractivity contribution in [3.05, 3.63) is 51.5 Å². The zero-order valence-corrected chi connectivity index (χ0v) is 12.6. The van der Waals surface area contributed by atoms with E-state index in [1.54, 1.807) is 23.5 Å². The van der Waals surface area contributed by atoms with E-state index in [9.17, 15) is 4.39 Å². The first-order valence-corrected chi connectivity index (χ1v) is 7.24. The average Bonchev–Trinajstić information content (AvgIpc) is 2.86. The first kappa shape index (κ1) is 14.5. The Kier molecular flexibility index (Phi) is 4.10. The van der Waals surface area contributed by atoms with Gasteiger partial charge in [-0.1, -0.05) is 20.8 Å². The summed E-state index contributed by atoms with van der Waals surface area (Å²) in [6.07, 6.45) is 0. The molecule has 0 bridgehead atoms. The molecule has 2 nitrogen and oxygen atoms in total. The molecule has 1 heterocycles. The van der Waals surface area contributed by atoms with Gasteiger partial charge in [0.05, 0.1) is 17.3 Å². The molecule has 1 aromatic carbocycles. The molecule has 0 saturated heterocycles. The third-order valence-corrected chi connectivity index (χ3v) is 4.46. The minimum Gasteiger partial charge on any atom is -0.378 e. The van der Waals surface area contributed by atoms with E-state index in [0.29, 0.717) is 17.8 Å². The summed E-state index contributed by atoms with van der Waals surface area (Å²) in [7, 11) is 0. The number of nitriles is 1. The van der Waals surface area contributed by atoms with Gasteiger partial charge in [0.2, 0.25) is 0 Å². The van der Waals surface area contributed by atoms with Crippen molar-refractivity contribution >= 4 is 17.0 Å². The van der Waals surface area contributed by atoms with Gasteiger partial charge >= 0.3 is 0 Å². The molecule has 0 aliphatic rings. The monoisotopic (exact) mass is 288 g/mol. The van der Waals surface area contributed by atoms with Gasteiger partial charge < -0.3 is 5.32 Å². The zero-order chi connectivity index (χ0) is 14.8. The number of benzene rings is 1. The molecule has 2 aromatic rings. The SMILES string of the molecule is CC(C)(C)c1ccc(CNc2ccc(C#N)cc2F)s1. The Morgan fingerprint density at radius 1 is 1.25 bits per heavy atom. The van der Waals surface area contributed by atoms with Crippen molar-refractivity contribution in [2.75, 3.05) is 5.32 Å². The molecular formula is C16H17FN2S. The smallest absolute Gasteiger partial charge is 0.147 e. The molecule has 1 N–H and O–H groups in total. The predicted octanol–water partition coefficient (Wildman–Crippen LogP) is 4.67. The third kappa shape index (κ3) is 3.37. The Morgan fingerprint density at radius 3 is 2.55 bits per heavy atom. The Bertz CT molecular complexity index is 647. The summed E-state index contributed by atoms with van der Waals surface area (Å²) in [5, 5.41) is 11.8. The van der Waals surface area contributed by atoms with Gasteiger partial charge in [0.25, 0.3) is 0 Å². The summed E-state index contributed by atoms with van der Waals surface area (Å²) in [6.45, 7) is 7.12. The van der Waals surface area contributed by atoms with Crippen LogP contribution in [0.1, 0.15) is 36.1 Å². The van der Waals surface area contributed by atoms with Gasteiger partial charge in [-0.2, -0.15) is 5.26 Å². The van der Waals surface area contributed by atoms with E-state index in [-0.39, 0.29) is 5.41 Å². The highest BCUT2D eigenvalue weighted by molar-refractivity contribution is 7.12. The Morgan fingerprint density at radius 2 is 2.00 bits per heavy atom. The number of nitrogens with one attached hydrogen (secondary N) is 1. The molecule has 104 valence electrons. The highest BCUT2D eigenvalue weighted by Gasteiger charge is 2.16. The van der Waals surface area contributed by atoms with Gasteiger partial charge in [-0.05, 0) is 35.7 Å². The molecule has 4 heteroatoms. The van der Waals surface area contributed by atoms with Crippen LogP contribution in [0.3, 0.4) is 0 Å². The van der Waals surface area contributed by atoms with E-state index in [4.69, 9.17) is 5.26 Å². The summed E-state index contributed by atoms with van der Waals surface area (Å²) < 4.78 is 13.7. The standard InChI is InChI=1S/C16H17FN2S/c1-16(2,3)15-7-5-12(20-15)10-19-14-6-4-11(9-18)8-13(14)17/h4-8,19H,10H2,1-3H3. The van der Waals surface area contributed by atoms with Crippen molar-refractivity contribution in [1.82, 2.24) is 0 Å². The molecule has 0 radical (unpaired) electrons. The summed E-state index contributed by atoms with van der Waals surface area (Å²) in [5.41, 5.74) is 0.900. The lowest BCUT2D eigenvalue weighted by Crippen LogP contribution is -2.07. The molecule has 2 rings (SSSR count). The van der Waals surface area contributed by atoms with Crippen molar-refractivity contribution in [2.45, 2.75) is 32.7 Å². The van der Waals surface area contributed by atoms with Crippen molar-refractivity contribution in [3.8, 4) is 6.07 Å². The first-order valence-electron chi connectivity index (χ1n) is 6.43. The summed E-state index contributed by atoms with van der Waals surface area (Å²) in [4.78, 5) is 2.48. The summed E-state index contributed by atoms with van der Waals surface area (Å²) in [5.74, 6) is -0.392. The predicted molar refractivity (Wildman–Crippen MR) is 81.5 cm³/mol. The van der Waals surface area contributed by atoms with Gasteiger partial charge in [0, 0.05) is 16.3 Å². The van der Waals surface area contributed by atoms with Crippen LogP contribution in [0.25, 0.3) is 0 Å². The molecule has 20 heavy (non-hydrogen) atoms. The molecule has 0 spiro atoms. The first-order chi connectivity index (χ1) is 9.40. The average molecular weight is 288 g/mol. The van der Waals surface area contributed by atoms with Gasteiger partial charge in [0.15, 0.2) is 0 Å². The number of rotatable bonds is 3. The quantitative estimate of drug-likeness (QED) is 0.891. The van der Waals surface area contributed by atoms with E-state index in [1.165, 1.54) is 15.8 Å². The fourth-order valence-electron chi connectivity index (χ4n) is 1.79. The maximum Gasteiger partial charge on any atom is 0.147 e. The van der Waals surface area contributed by atoms with Crippen LogP contribution in [0.4, 0.5) is 10.1 Å². The fourth-order valence-corrected chi connectivity index (χ4v) is 2.79. The molecule has 0 saturated carbocycles. The van der Waals surface area contributed by atoms with Crippen LogP contribution in [0.15, 0.2) is 30.3 Å². The van der Waals surface area contributed by atoms with Crippen LogP contribution in [0.2, 0.25) is 0 Å². The minimum atomic E-state index is -0.392. The second kappa shape index (κ2) is 5.64. The summed E-state index contributed by atoms with van der Waals surface area (Å²) in [6, 6.07) is 10.6. The van der Waals surface area contributed by atoms with E-state index in [1.807, 2.05) is 6.07 Å². The number of halogens is 1. The van der Waals surface area contributed by atoms with Crippen molar-refractivity contribution in [2.24, 2.45) is 0 Å². The highest BCUT2D eigenvalue weighted by atomic mass is 32.1. The van der Waals surface area contributed by atoms with Gasteiger partial charge in [-0.15, -0.1) is 11.3 Å². The lowest BCUT2D eigenvalue weighted by molar-refractivity contribution is 0.604. The van der Waals surface area contributed by atoms with Crippen LogP contribution in [-0.4, -0.2) is 0 Å². The van der Waals surface area contributed by atoms with Crippen LogP contribution >= 0.6 is 11.3 Å². The van der Waals surface area contributed by atoms with Crippen molar-refractivity contribution < 1.29 is 4.39 Å². The Hall–Kier alpha value is -1.86. The van der Waals surface area contributed by atoms with Crippen molar-refractivity contribution in [1.29, 1.82) is 5.26 Å². The maximum absolute atomic E-state index is 13.7. The second-order valence-corrected chi connectivity index (χ2v) is 6.84. The molecule has 0 aliphatic carbocycles. The largest absolute Gasteiger partial charge is 0.378 e. The number of anilines is 1. The number of hydrogen-bond acceptors (Lipinski definition) is 3. The van der Waals surface area contributed by atoms with Crippen LogP contribution in [-0.2, 0) is 12.0 Å². The maximum atomic E-state index is 13.7. The lowest BCUT2D eigenvalue weighted by atomic mass is 9.95. The van der Waals surface area contributed by atoms with E-state index in [2.05, 4.69) is 38.2 Å². The molecule has 0 atom stereocenters. The minimum absolute atomic E-state index is 0.141. The topological polar surface area (TPSA) is 35.8 Å². The van der Waals surface area contributed by atoms with Crippen LogP contribution in [0.5, 0.6) is 0 Å². The summed E-state index contributed by atoms with van der Waals surface area (Å²) >= 11 is 1.74. The van der Waals surface area contributed by atoms with E-state index >= 15 is 0 Å². The van der Waals surface area contributed by atoms with E-state index < -0.39 is 5.82 Å². The van der Waals surface area contributed by atoms with Crippen molar-refractivity contribution in [3.63, 3.8) is 0 Å². The Balaban J connectivity index is 2.06. The normalized spacial score (nSPS) is 11.2. The lowest BCUT2D eigenvalue weighted by Gasteiger charge is -2.15. The zero-order valence-electron chi connectivity index (χ0n) is 11.8. The fraction of sp³-hybridized carbons (Fsp3) is 0.312. The second-order valence-electron chi connectivity index (χ2n) is 5.68. The molecule has 0 amide bonds. The van der Waals surface area contributed by atoms with Crippen LogP contribution < -0.4 is 5.32 Å². The molecule has 0 fully saturated rings. The van der Waals surface area contributed by atoms with Gasteiger partial charge in [0.1, 0.15) is 5.82 Å². The number of nitrogens with zero attached hydrogens (tertiary/aromatic N) is 1. The van der Waals surface area contributed by atoms with Gasteiger partial charge in [-0.3, -0.25) is 0 Å². The van der Waals surface area contributed by atoms with Gasteiger partial charge in [-0.25, -0.2) is 4.39 Å². The molecular weight excluding hydrogens is 271 g/mol. The number of hydrogen-bond donors (Lipinski definition) is 1. The molecule has 0 unspecified atom stereocenters.